The molecule has 0 saturated heterocycles. The largest absolute Gasteiger partial charge is 0.462 e. The Kier molecular flexibility index (Phi) is 7.05. The Bertz CT molecular complexity index is 1150. The molecule has 0 radical (unpaired) electrons. The van der Waals surface area contributed by atoms with Gasteiger partial charge in [-0.15, -0.1) is 0 Å². The molecule has 158 valence electrons. The average Bonchev–Trinajstić information content (AvgIpc) is 3.12. The number of hydrogen-bond acceptors (Lipinski definition) is 6. The fourth-order valence-electron chi connectivity index (χ4n) is 3.21. The topological polar surface area (TPSA) is 121 Å². The number of benzene rings is 2. The molecule has 0 bridgehead atoms. The van der Waals surface area contributed by atoms with Gasteiger partial charge in [0.25, 0.3) is 5.69 Å². The number of para-hydroxylation sites is 1. The number of rotatable bonds is 8. The molecule has 3 rings (SSSR count). The maximum atomic E-state index is 12.2. The third-order valence-corrected chi connectivity index (χ3v) is 5.26. The van der Waals surface area contributed by atoms with Gasteiger partial charge < -0.3 is 15.0 Å². The van der Waals surface area contributed by atoms with E-state index in [1.165, 1.54) is 18.2 Å². The molecule has 0 aliphatic rings. The van der Waals surface area contributed by atoms with Gasteiger partial charge in [-0.2, -0.15) is 5.26 Å². The summed E-state index contributed by atoms with van der Waals surface area (Å²) in [5.74, 6) is -0.619. The lowest BCUT2D eigenvalue weighted by atomic mass is 10.0. The van der Waals surface area contributed by atoms with Crippen LogP contribution in [0.4, 0.5) is 11.4 Å². The van der Waals surface area contributed by atoms with Gasteiger partial charge in [-0.25, -0.2) is 4.79 Å². The molecule has 31 heavy (non-hydrogen) atoms. The summed E-state index contributed by atoms with van der Waals surface area (Å²) in [5.41, 5.74) is 3.65. The van der Waals surface area contributed by atoms with Crippen LogP contribution in [0.1, 0.15) is 28.4 Å². The number of carbonyl (C=O) groups excluding carboxylic acids is 1. The molecule has 0 fully saturated rings. The molecule has 3 aromatic rings. The zero-order valence-corrected chi connectivity index (χ0v) is 18.2. The third-order valence-electron chi connectivity index (χ3n) is 4.63. The van der Waals surface area contributed by atoms with Crippen molar-refractivity contribution in [1.82, 2.24) is 4.98 Å². The number of aromatic nitrogens is 1. The summed E-state index contributed by atoms with van der Waals surface area (Å²) >= 11 is 3.47. The maximum Gasteiger partial charge on any atom is 0.340 e. The lowest BCUT2D eigenvalue weighted by Gasteiger charge is -2.12. The Morgan fingerprint density at radius 1 is 1.29 bits per heavy atom. The Hall–Kier alpha value is -3.64. The molecule has 0 spiro atoms. The highest BCUT2D eigenvalue weighted by atomic mass is 79.9. The number of nitriles is 1. The molecule has 1 heterocycles. The zero-order valence-electron chi connectivity index (χ0n) is 16.6. The van der Waals surface area contributed by atoms with Gasteiger partial charge in [-0.3, -0.25) is 10.1 Å². The fraction of sp³-hybridized carbons (Fsp3) is 0.182. The van der Waals surface area contributed by atoms with E-state index in [0.29, 0.717) is 0 Å². The standard InChI is InChI=1S/C22H19BrN4O4/c1-2-31-22(28)17-4-3-5-18(27(29)30)20(17)25-12-14-6-8-15(9-7-14)19-16(10-11-24)13-26-21(19)23/h3-9,13,25-26H,2,10,12H2,1H3. The van der Waals surface area contributed by atoms with Crippen LogP contribution in [0.25, 0.3) is 11.1 Å². The monoisotopic (exact) mass is 482 g/mol. The zero-order chi connectivity index (χ0) is 22.4. The SMILES string of the molecule is CCOC(=O)c1cccc([N+](=O)[O-])c1NCc1ccc(-c2c(CC#N)c[nH]c2Br)cc1. The van der Waals surface area contributed by atoms with E-state index in [2.05, 4.69) is 32.3 Å². The molecule has 0 aliphatic carbocycles. The Labute approximate surface area is 187 Å². The van der Waals surface area contributed by atoms with E-state index in [0.717, 1.165) is 26.9 Å². The van der Waals surface area contributed by atoms with Crippen LogP contribution >= 0.6 is 15.9 Å². The van der Waals surface area contributed by atoms with Crippen molar-refractivity contribution in [2.75, 3.05) is 11.9 Å². The first kappa shape index (κ1) is 22.1. The molecule has 1 aromatic heterocycles. The minimum atomic E-state index is -0.619. The summed E-state index contributed by atoms with van der Waals surface area (Å²) in [7, 11) is 0. The van der Waals surface area contributed by atoms with Crippen LogP contribution in [0.2, 0.25) is 0 Å². The quantitative estimate of drug-likeness (QED) is 0.258. The number of anilines is 1. The van der Waals surface area contributed by atoms with Gasteiger partial charge in [0, 0.05) is 24.4 Å². The van der Waals surface area contributed by atoms with E-state index in [-0.39, 0.29) is 36.5 Å². The molecule has 0 unspecified atom stereocenters. The molecule has 9 heteroatoms. The maximum absolute atomic E-state index is 12.2. The van der Waals surface area contributed by atoms with Crippen molar-refractivity contribution >= 4 is 33.3 Å². The molecular formula is C22H19BrN4O4. The molecule has 2 aromatic carbocycles. The highest BCUT2D eigenvalue weighted by Gasteiger charge is 2.22. The van der Waals surface area contributed by atoms with Crippen LogP contribution in [0.3, 0.4) is 0 Å². The average molecular weight is 483 g/mol. The molecular weight excluding hydrogens is 464 g/mol. The summed E-state index contributed by atoms with van der Waals surface area (Å²) in [5, 5.41) is 23.5. The fourth-order valence-corrected chi connectivity index (χ4v) is 3.81. The Morgan fingerprint density at radius 2 is 2.03 bits per heavy atom. The van der Waals surface area contributed by atoms with Crippen molar-refractivity contribution in [2.24, 2.45) is 0 Å². The highest BCUT2D eigenvalue weighted by molar-refractivity contribution is 9.10. The van der Waals surface area contributed by atoms with E-state index in [1.54, 1.807) is 13.1 Å². The second-order valence-electron chi connectivity index (χ2n) is 6.57. The number of hydrogen-bond donors (Lipinski definition) is 2. The molecule has 8 nitrogen and oxygen atoms in total. The first-order chi connectivity index (χ1) is 15.0. The summed E-state index contributed by atoms with van der Waals surface area (Å²) in [6, 6.07) is 14.0. The number of nitro groups is 1. The summed E-state index contributed by atoms with van der Waals surface area (Å²) in [6.07, 6.45) is 2.08. The van der Waals surface area contributed by atoms with Crippen LogP contribution in [-0.2, 0) is 17.7 Å². The van der Waals surface area contributed by atoms with Crippen LogP contribution < -0.4 is 5.32 Å². The number of halogens is 1. The molecule has 0 amide bonds. The van der Waals surface area contributed by atoms with Gasteiger partial charge in [0.15, 0.2) is 0 Å². The lowest BCUT2D eigenvalue weighted by Crippen LogP contribution is -2.11. The van der Waals surface area contributed by atoms with Crippen molar-refractivity contribution in [3.8, 4) is 17.2 Å². The number of ether oxygens (including phenoxy) is 1. The number of aromatic amines is 1. The van der Waals surface area contributed by atoms with Crippen LogP contribution in [-0.4, -0.2) is 22.5 Å². The summed E-state index contributed by atoms with van der Waals surface area (Å²) in [4.78, 5) is 26.2. The van der Waals surface area contributed by atoms with E-state index in [4.69, 9.17) is 10.00 Å². The van der Waals surface area contributed by atoms with Crippen LogP contribution in [0, 0.1) is 21.4 Å². The molecule has 0 atom stereocenters. The second-order valence-corrected chi connectivity index (χ2v) is 7.36. The van der Waals surface area contributed by atoms with E-state index in [1.807, 2.05) is 24.3 Å². The number of nitrogens with zero attached hydrogens (tertiary/aromatic N) is 2. The lowest BCUT2D eigenvalue weighted by molar-refractivity contribution is -0.384. The van der Waals surface area contributed by atoms with E-state index < -0.39 is 10.9 Å². The number of nitrogens with one attached hydrogen (secondary N) is 2. The first-order valence-electron chi connectivity index (χ1n) is 9.46. The first-order valence-corrected chi connectivity index (χ1v) is 10.3. The number of carbonyl (C=O) groups is 1. The van der Waals surface area contributed by atoms with Gasteiger partial charge in [0.05, 0.1) is 34.2 Å². The van der Waals surface area contributed by atoms with Crippen molar-refractivity contribution in [3.63, 3.8) is 0 Å². The van der Waals surface area contributed by atoms with Crippen LogP contribution in [0.5, 0.6) is 0 Å². The van der Waals surface area contributed by atoms with E-state index >= 15 is 0 Å². The predicted octanol–water partition coefficient (Wildman–Crippen LogP) is 5.21. The summed E-state index contributed by atoms with van der Waals surface area (Å²) < 4.78 is 5.82. The normalized spacial score (nSPS) is 10.4. The van der Waals surface area contributed by atoms with Gasteiger partial charge in [0.2, 0.25) is 0 Å². The van der Waals surface area contributed by atoms with Gasteiger partial charge in [0.1, 0.15) is 5.69 Å². The third kappa shape index (κ3) is 4.92. The van der Waals surface area contributed by atoms with Crippen molar-refractivity contribution in [1.29, 1.82) is 5.26 Å². The van der Waals surface area contributed by atoms with Gasteiger partial charge in [-0.1, -0.05) is 30.3 Å². The Morgan fingerprint density at radius 3 is 2.68 bits per heavy atom. The minimum Gasteiger partial charge on any atom is -0.462 e. The highest BCUT2D eigenvalue weighted by Crippen LogP contribution is 2.33. The molecule has 0 saturated carbocycles. The number of nitro benzene ring substituents is 1. The Balaban J connectivity index is 1.84. The summed E-state index contributed by atoms with van der Waals surface area (Å²) in [6.45, 7) is 2.12. The van der Waals surface area contributed by atoms with Gasteiger partial charge >= 0.3 is 5.97 Å². The minimum absolute atomic E-state index is 0.116. The number of esters is 1. The number of H-pyrrole nitrogens is 1. The smallest absolute Gasteiger partial charge is 0.340 e. The molecule has 0 aliphatic heterocycles. The predicted molar refractivity (Wildman–Crippen MR) is 120 cm³/mol. The van der Waals surface area contributed by atoms with Gasteiger partial charge in [-0.05, 0) is 45.6 Å². The van der Waals surface area contributed by atoms with E-state index in [9.17, 15) is 14.9 Å². The van der Waals surface area contributed by atoms with Crippen LogP contribution in [0.15, 0.2) is 53.3 Å². The molecule has 2 N–H and O–H groups in total. The second kappa shape index (κ2) is 9.91. The van der Waals surface area contributed by atoms with Crippen molar-refractivity contribution in [2.45, 2.75) is 19.9 Å². The van der Waals surface area contributed by atoms with Crippen molar-refractivity contribution in [3.05, 3.63) is 80.1 Å². The van der Waals surface area contributed by atoms with Crippen molar-refractivity contribution < 1.29 is 14.5 Å².